The zero-order valence-corrected chi connectivity index (χ0v) is 13.7. The molecule has 0 aliphatic rings. The van der Waals surface area contributed by atoms with E-state index < -0.39 is 0 Å². The summed E-state index contributed by atoms with van der Waals surface area (Å²) in [6.07, 6.45) is 0.999. The lowest BCUT2D eigenvalue weighted by Gasteiger charge is -2.04. The third-order valence-corrected chi connectivity index (χ3v) is 5.74. The molecule has 1 aromatic heterocycles. The normalized spacial score (nSPS) is 10.4. The summed E-state index contributed by atoms with van der Waals surface area (Å²) in [6.45, 7) is 2.11. The van der Waals surface area contributed by atoms with E-state index in [1.807, 2.05) is 30.3 Å². The van der Waals surface area contributed by atoms with Crippen LogP contribution in [0.2, 0.25) is 0 Å². The van der Waals surface area contributed by atoms with Gasteiger partial charge in [0.2, 0.25) is 0 Å². The summed E-state index contributed by atoms with van der Waals surface area (Å²) >= 11 is 8.16. The number of thiophene rings is 1. The van der Waals surface area contributed by atoms with Crippen LogP contribution in [0, 0.1) is 0 Å². The Hall–Kier alpha value is -0.650. The highest BCUT2D eigenvalue weighted by Gasteiger charge is 2.12. The number of carbonyl (C=O) groups is 1. The minimum absolute atomic E-state index is 0.0874. The van der Waals surface area contributed by atoms with Crippen molar-refractivity contribution < 1.29 is 4.79 Å². The first-order chi connectivity index (χ1) is 8.60. The highest BCUT2D eigenvalue weighted by Crippen LogP contribution is 2.32. The summed E-state index contributed by atoms with van der Waals surface area (Å²) in [4.78, 5) is 12.7. The molecule has 0 fully saturated rings. The van der Waals surface area contributed by atoms with Crippen molar-refractivity contribution >= 4 is 54.8 Å². The predicted molar refractivity (Wildman–Crippen MR) is 83.5 cm³/mol. The van der Waals surface area contributed by atoms with E-state index in [0.29, 0.717) is 4.88 Å². The Morgan fingerprint density at radius 3 is 2.44 bits per heavy atom. The highest BCUT2D eigenvalue weighted by atomic mass is 79.9. The van der Waals surface area contributed by atoms with Gasteiger partial charge in [0, 0.05) is 10.2 Å². The lowest BCUT2D eigenvalue weighted by Crippen LogP contribution is -2.09. The van der Waals surface area contributed by atoms with Crippen LogP contribution >= 0.6 is 43.2 Å². The van der Waals surface area contributed by atoms with Crippen LogP contribution in [-0.2, 0) is 6.42 Å². The summed E-state index contributed by atoms with van der Waals surface area (Å²) < 4.78 is 1.83. The molecular weight excluding hydrogens is 378 g/mol. The number of amides is 1. The molecule has 0 aliphatic carbocycles. The number of rotatable bonds is 3. The summed E-state index contributed by atoms with van der Waals surface area (Å²) in [5.41, 5.74) is 2.08. The van der Waals surface area contributed by atoms with Crippen LogP contribution in [-0.4, -0.2) is 5.91 Å². The molecule has 0 aliphatic heterocycles. The van der Waals surface area contributed by atoms with Gasteiger partial charge in [-0.3, -0.25) is 4.79 Å². The van der Waals surface area contributed by atoms with E-state index in [9.17, 15) is 4.79 Å². The standard InChI is InChI=1S/C13H11Br2NOS/c1-2-8-3-5-9(6-4-8)16-13(17)11-7-10(14)12(15)18-11/h3-7H,2H2,1H3,(H,16,17). The number of nitrogens with one attached hydrogen (secondary N) is 1. The fourth-order valence-electron chi connectivity index (χ4n) is 1.47. The number of anilines is 1. The van der Waals surface area contributed by atoms with Crippen molar-refractivity contribution in [3.8, 4) is 0 Å². The quantitative estimate of drug-likeness (QED) is 0.779. The maximum atomic E-state index is 12.0. The lowest BCUT2D eigenvalue weighted by molar-refractivity contribution is 0.103. The Balaban J connectivity index is 2.10. The first-order valence-electron chi connectivity index (χ1n) is 5.45. The van der Waals surface area contributed by atoms with Crippen LogP contribution in [0.1, 0.15) is 22.2 Å². The van der Waals surface area contributed by atoms with Gasteiger partial charge in [0.25, 0.3) is 5.91 Å². The van der Waals surface area contributed by atoms with Crippen molar-refractivity contribution in [3.63, 3.8) is 0 Å². The molecule has 0 bridgehead atoms. The molecule has 0 unspecified atom stereocenters. The second-order valence-electron chi connectivity index (χ2n) is 3.74. The molecule has 1 N–H and O–H groups in total. The van der Waals surface area contributed by atoms with Crippen molar-refractivity contribution in [2.75, 3.05) is 5.32 Å². The van der Waals surface area contributed by atoms with Crippen molar-refractivity contribution in [1.29, 1.82) is 0 Å². The van der Waals surface area contributed by atoms with Crippen LogP contribution in [0.25, 0.3) is 0 Å². The number of halogens is 2. The summed E-state index contributed by atoms with van der Waals surface area (Å²) in [6, 6.07) is 9.71. The Labute approximate surface area is 127 Å². The van der Waals surface area contributed by atoms with E-state index in [0.717, 1.165) is 20.4 Å². The smallest absolute Gasteiger partial charge is 0.265 e. The summed E-state index contributed by atoms with van der Waals surface area (Å²) in [5.74, 6) is -0.0874. The molecule has 0 atom stereocenters. The first kappa shape index (κ1) is 13.8. The van der Waals surface area contributed by atoms with Crippen molar-refractivity contribution in [2.24, 2.45) is 0 Å². The Kier molecular flexibility index (Phi) is 4.59. The van der Waals surface area contributed by atoms with E-state index in [2.05, 4.69) is 44.1 Å². The van der Waals surface area contributed by atoms with Crippen LogP contribution < -0.4 is 5.32 Å². The molecular formula is C13H11Br2NOS. The largest absolute Gasteiger partial charge is 0.321 e. The second-order valence-corrected chi connectivity index (χ2v) is 6.96. The number of aryl methyl sites for hydroxylation is 1. The molecule has 2 rings (SSSR count). The molecule has 0 saturated heterocycles. The van der Waals surface area contributed by atoms with Crippen molar-refractivity contribution in [2.45, 2.75) is 13.3 Å². The maximum Gasteiger partial charge on any atom is 0.265 e. The molecule has 1 heterocycles. The van der Waals surface area contributed by atoms with E-state index >= 15 is 0 Å². The van der Waals surface area contributed by atoms with Crippen LogP contribution in [0.4, 0.5) is 5.69 Å². The molecule has 18 heavy (non-hydrogen) atoms. The third kappa shape index (κ3) is 3.22. The topological polar surface area (TPSA) is 29.1 Å². The molecule has 1 aromatic carbocycles. The minimum Gasteiger partial charge on any atom is -0.321 e. The molecule has 2 aromatic rings. The third-order valence-electron chi connectivity index (χ3n) is 2.49. The molecule has 0 radical (unpaired) electrons. The van der Waals surface area contributed by atoms with Crippen LogP contribution in [0.3, 0.4) is 0 Å². The van der Waals surface area contributed by atoms with Crippen LogP contribution in [0.5, 0.6) is 0 Å². The van der Waals surface area contributed by atoms with Gasteiger partial charge >= 0.3 is 0 Å². The lowest BCUT2D eigenvalue weighted by atomic mass is 10.1. The molecule has 2 nitrogen and oxygen atoms in total. The van der Waals surface area contributed by atoms with Crippen molar-refractivity contribution in [3.05, 3.63) is 49.0 Å². The number of hydrogen-bond donors (Lipinski definition) is 1. The van der Waals surface area contributed by atoms with Gasteiger partial charge in [0.1, 0.15) is 0 Å². The fraction of sp³-hybridized carbons (Fsp3) is 0.154. The van der Waals surface area contributed by atoms with Crippen LogP contribution in [0.15, 0.2) is 38.6 Å². The van der Waals surface area contributed by atoms with Gasteiger partial charge in [-0.05, 0) is 62.0 Å². The zero-order chi connectivity index (χ0) is 13.1. The zero-order valence-electron chi connectivity index (χ0n) is 9.67. The Morgan fingerprint density at radius 2 is 1.94 bits per heavy atom. The Bertz CT molecular complexity index is 543. The van der Waals surface area contributed by atoms with Crippen molar-refractivity contribution in [1.82, 2.24) is 0 Å². The van der Waals surface area contributed by atoms with E-state index in [1.54, 1.807) is 0 Å². The molecule has 1 amide bonds. The van der Waals surface area contributed by atoms with E-state index in [1.165, 1.54) is 16.9 Å². The average molecular weight is 389 g/mol. The van der Waals surface area contributed by atoms with E-state index in [4.69, 9.17) is 0 Å². The fourth-order valence-corrected chi connectivity index (χ4v) is 3.41. The number of benzene rings is 1. The highest BCUT2D eigenvalue weighted by molar-refractivity contribution is 9.13. The molecule has 5 heteroatoms. The Morgan fingerprint density at radius 1 is 1.28 bits per heavy atom. The van der Waals surface area contributed by atoms with Gasteiger partial charge in [-0.25, -0.2) is 0 Å². The summed E-state index contributed by atoms with van der Waals surface area (Å²) in [5, 5.41) is 2.88. The average Bonchev–Trinajstić information content (AvgIpc) is 2.71. The van der Waals surface area contributed by atoms with Gasteiger partial charge in [-0.2, -0.15) is 0 Å². The van der Waals surface area contributed by atoms with E-state index in [-0.39, 0.29) is 5.91 Å². The maximum absolute atomic E-state index is 12.0. The second kappa shape index (κ2) is 5.99. The van der Waals surface area contributed by atoms with Gasteiger partial charge < -0.3 is 5.32 Å². The van der Waals surface area contributed by atoms with Gasteiger partial charge in [0.15, 0.2) is 0 Å². The number of carbonyl (C=O) groups excluding carboxylic acids is 1. The number of hydrogen-bond acceptors (Lipinski definition) is 2. The molecule has 0 spiro atoms. The molecule has 0 saturated carbocycles. The summed E-state index contributed by atoms with van der Waals surface area (Å²) in [7, 11) is 0. The SMILES string of the molecule is CCc1ccc(NC(=O)c2cc(Br)c(Br)s2)cc1. The first-order valence-corrected chi connectivity index (χ1v) is 7.85. The molecule has 94 valence electrons. The predicted octanol–water partition coefficient (Wildman–Crippen LogP) is 5.09. The monoisotopic (exact) mass is 387 g/mol. The van der Waals surface area contributed by atoms with Gasteiger partial charge in [-0.15, -0.1) is 11.3 Å². The van der Waals surface area contributed by atoms with Gasteiger partial charge in [-0.1, -0.05) is 19.1 Å². The van der Waals surface area contributed by atoms with Gasteiger partial charge in [0.05, 0.1) is 8.66 Å². The minimum atomic E-state index is -0.0874.